The number of terminal acetylenes is 1. The molecule has 0 unspecified atom stereocenters. The van der Waals surface area contributed by atoms with Crippen molar-refractivity contribution >= 4 is 34.9 Å². The molecule has 0 saturated carbocycles. The van der Waals surface area contributed by atoms with E-state index in [1.807, 2.05) is 0 Å². The van der Waals surface area contributed by atoms with Crippen LogP contribution < -0.4 is 11.1 Å². The van der Waals surface area contributed by atoms with E-state index in [1.54, 1.807) is 24.0 Å². The molecule has 3 nitrogen and oxygen atoms in total. The molecule has 0 radical (unpaired) electrons. The Kier molecular flexibility index (Phi) is 5.16. The molecule has 0 fully saturated rings. The van der Waals surface area contributed by atoms with Crippen molar-refractivity contribution in [3.8, 4) is 12.3 Å². The van der Waals surface area contributed by atoms with Crippen molar-refractivity contribution < 1.29 is 0 Å². The largest absolute Gasteiger partial charge is 0.397 e. The lowest BCUT2D eigenvalue weighted by atomic mass is 10.4. The summed E-state index contributed by atoms with van der Waals surface area (Å²) in [5.74, 6) is 4.87. The Bertz CT molecular complexity index is 362. The monoisotopic (exact) mass is 241 g/mol. The third-order valence-electron chi connectivity index (χ3n) is 1.59. The fourth-order valence-corrected chi connectivity index (χ4v) is 1.71. The Morgan fingerprint density at radius 2 is 2.47 bits per heavy atom. The number of halogens is 1. The van der Waals surface area contributed by atoms with E-state index in [9.17, 15) is 0 Å². The molecule has 0 atom stereocenters. The molecular weight excluding hydrogens is 230 g/mol. The van der Waals surface area contributed by atoms with Gasteiger partial charge >= 0.3 is 0 Å². The smallest absolute Gasteiger partial charge is 0.144 e. The second kappa shape index (κ2) is 6.44. The summed E-state index contributed by atoms with van der Waals surface area (Å²) in [4.78, 5) is 4.08. The van der Waals surface area contributed by atoms with E-state index in [4.69, 9.17) is 23.8 Å². The number of nitrogens with zero attached hydrogens (tertiary/aromatic N) is 1. The van der Waals surface area contributed by atoms with Crippen molar-refractivity contribution in [1.82, 2.24) is 4.98 Å². The molecule has 15 heavy (non-hydrogen) atoms. The molecule has 80 valence electrons. The van der Waals surface area contributed by atoms with E-state index in [1.165, 1.54) is 0 Å². The van der Waals surface area contributed by atoms with Crippen LogP contribution in [0.4, 0.5) is 11.5 Å². The van der Waals surface area contributed by atoms with Crippen LogP contribution in [0, 0.1) is 12.3 Å². The molecule has 0 aliphatic heterocycles. The summed E-state index contributed by atoms with van der Waals surface area (Å²) in [5, 5.41) is 3.65. The molecule has 0 saturated heterocycles. The van der Waals surface area contributed by atoms with Crippen molar-refractivity contribution in [1.29, 1.82) is 0 Å². The quantitative estimate of drug-likeness (QED) is 0.612. The summed E-state index contributed by atoms with van der Waals surface area (Å²) >= 11 is 7.61. The second-order valence-electron chi connectivity index (χ2n) is 2.78. The minimum atomic E-state index is 0.539. The van der Waals surface area contributed by atoms with Gasteiger partial charge in [-0.15, -0.1) is 18.2 Å². The van der Waals surface area contributed by atoms with Crippen LogP contribution in [0.3, 0.4) is 0 Å². The number of nitrogens with two attached hydrogens (primary N) is 1. The van der Waals surface area contributed by atoms with Gasteiger partial charge in [0.15, 0.2) is 0 Å². The topological polar surface area (TPSA) is 50.9 Å². The predicted molar refractivity (Wildman–Crippen MR) is 68.3 cm³/mol. The number of thioether (sulfide) groups is 1. The first-order chi connectivity index (χ1) is 7.24. The molecular formula is C10H12ClN3S. The van der Waals surface area contributed by atoms with Crippen molar-refractivity contribution in [2.24, 2.45) is 0 Å². The highest BCUT2D eigenvalue weighted by atomic mass is 35.5. The van der Waals surface area contributed by atoms with Gasteiger partial charge in [0.25, 0.3) is 0 Å². The van der Waals surface area contributed by atoms with Gasteiger partial charge in [0.05, 0.1) is 22.7 Å². The number of hydrogen-bond acceptors (Lipinski definition) is 4. The Labute approximate surface area is 98.8 Å². The van der Waals surface area contributed by atoms with E-state index in [0.29, 0.717) is 16.5 Å². The fourth-order valence-electron chi connectivity index (χ4n) is 0.955. The highest BCUT2D eigenvalue weighted by Gasteiger charge is 2.00. The normalized spacial score (nSPS) is 9.60. The Balaban J connectivity index is 2.35. The van der Waals surface area contributed by atoms with E-state index >= 15 is 0 Å². The molecule has 0 spiro atoms. The first-order valence-corrected chi connectivity index (χ1v) is 5.93. The molecule has 0 amide bonds. The van der Waals surface area contributed by atoms with Gasteiger partial charge in [-0.2, -0.15) is 0 Å². The lowest BCUT2D eigenvalue weighted by Crippen LogP contribution is -2.06. The van der Waals surface area contributed by atoms with Crippen LogP contribution in [-0.2, 0) is 0 Å². The van der Waals surface area contributed by atoms with Crippen molar-refractivity contribution in [3.63, 3.8) is 0 Å². The number of nitrogen functional groups attached to an aromatic ring is 1. The van der Waals surface area contributed by atoms with E-state index in [0.717, 1.165) is 18.1 Å². The third-order valence-corrected chi connectivity index (χ3v) is 2.74. The van der Waals surface area contributed by atoms with Crippen LogP contribution in [0.25, 0.3) is 0 Å². The summed E-state index contributed by atoms with van der Waals surface area (Å²) in [5.41, 5.74) is 6.08. The van der Waals surface area contributed by atoms with E-state index < -0.39 is 0 Å². The van der Waals surface area contributed by atoms with Gasteiger partial charge in [0.1, 0.15) is 5.82 Å². The first kappa shape index (κ1) is 12.0. The van der Waals surface area contributed by atoms with Crippen molar-refractivity contribution in [2.75, 3.05) is 29.1 Å². The number of rotatable bonds is 5. The number of hydrogen-bond donors (Lipinski definition) is 2. The van der Waals surface area contributed by atoms with Gasteiger partial charge in [0, 0.05) is 12.3 Å². The minimum absolute atomic E-state index is 0.539. The third kappa shape index (κ3) is 4.32. The number of nitrogens with one attached hydrogen (secondary N) is 1. The van der Waals surface area contributed by atoms with Crippen LogP contribution in [0.1, 0.15) is 0 Å². The van der Waals surface area contributed by atoms with Gasteiger partial charge in [-0.25, -0.2) is 4.98 Å². The van der Waals surface area contributed by atoms with Crippen LogP contribution >= 0.6 is 23.4 Å². The van der Waals surface area contributed by atoms with Gasteiger partial charge in [-0.3, -0.25) is 0 Å². The lowest BCUT2D eigenvalue weighted by Gasteiger charge is -2.06. The maximum Gasteiger partial charge on any atom is 0.144 e. The number of aromatic nitrogens is 1. The molecule has 0 aromatic carbocycles. The second-order valence-corrected chi connectivity index (χ2v) is 4.29. The Hall–Kier alpha value is -1.05. The molecule has 0 bridgehead atoms. The molecule has 1 aromatic rings. The summed E-state index contributed by atoms with van der Waals surface area (Å²) in [6.45, 7) is 0.781. The molecule has 0 aliphatic carbocycles. The van der Waals surface area contributed by atoms with E-state index in [-0.39, 0.29) is 0 Å². The predicted octanol–water partition coefficient (Wildman–Crippen LogP) is 2.10. The van der Waals surface area contributed by atoms with Gasteiger partial charge < -0.3 is 11.1 Å². The van der Waals surface area contributed by atoms with Gasteiger partial charge in [0.2, 0.25) is 0 Å². The zero-order valence-electron chi connectivity index (χ0n) is 8.16. The van der Waals surface area contributed by atoms with Gasteiger partial charge in [-0.05, 0) is 6.07 Å². The van der Waals surface area contributed by atoms with Crippen LogP contribution in [0.15, 0.2) is 12.3 Å². The SMILES string of the molecule is C#CCSCCNc1ncc(N)cc1Cl. The highest BCUT2D eigenvalue weighted by molar-refractivity contribution is 7.99. The summed E-state index contributed by atoms with van der Waals surface area (Å²) < 4.78 is 0. The summed E-state index contributed by atoms with van der Waals surface area (Å²) in [6, 6.07) is 1.67. The highest BCUT2D eigenvalue weighted by Crippen LogP contribution is 2.20. The maximum absolute atomic E-state index is 5.93. The number of pyridine rings is 1. The van der Waals surface area contributed by atoms with Crippen molar-refractivity contribution in [3.05, 3.63) is 17.3 Å². The summed E-state index contributed by atoms with van der Waals surface area (Å²) in [7, 11) is 0. The first-order valence-electron chi connectivity index (χ1n) is 4.40. The van der Waals surface area contributed by atoms with Crippen molar-refractivity contribution in [2.45, 2.75) is 0 Å². The van der Waals surface area contributed by atoms with Crippen LogP contribution in [0.2, 0.25) is 5.02 Å². The van der Waals surface area contributed by atoms with Crippen LogP contribution in [-0.4, -0.2) is 23.0 Å². The van der Waals surface area contributed by atoms with Gasteiger partial charge in [-0.1, -0.05) is 17.5 Å². The maximum atomic E-state index is 5.93. The molecule has 1 rings (SSSR count). The zero-order valence-corrected chi connectivity index (χ0v) is 9.74. The van der Waals surface area contributed by atoms with E-state index in [2.05, 4.69) is 16.2 Å². The molecule has 5 heteroatoms. The Morgan fingerprint density at radius 3 is 3.13 bits per heavy atom. The average Bonchev–Trinajstić information content (AvgIpc) is 2.20. The lowest BCUT2D eigenvalue weighted by molar-refractivity contribution is 1.17. The average molecular weight is 242 g/mol. The molecule has 0 aliphatic rings. The minimum Gasteiger partial charge on any atom is -0.397 e. The molecule has 3 N–H and O–H groups in total. The molecule has 1 aromatic heterocycles. The fraction of sp³-hybridized carbons (Fsp3) is 0.300. The molecule has 1 heterocycles. The Morgan fingerprint density at radius 1 is 1.67 bits per heavy atom. The van der Waals surface area contributed by atoms with Crippen LogP contribution in [0.5, 0.6) is 0 Å². The zero-order chi connectivity index (χ0) is 11.1. The number of anilines is 2. The standard InChI is InChI=1S/C10H12ClN3S/c1-2-4-15-5-3-13-10-9(11)6-8(12)7-14-10/h1,6-7H,3-5,12H2,(H,13,14). The summed E-state index contributed by atoms with van der Waals surface area (Å²) in [6.07, 6.45) is 6.70.